The van der Waals surface area contributed by atoms with E-state index in [0.717, 1.165) is 5.69 Å². The summed E-state index contributed by atoms with van der Waals surface area (Å²) in [5.74, 6) is 0.905. The van der Waals surface area contributed by atoms with Crippen molar-refractivity contribution < 1.29 is 20.5 Å². The standard InChI is InChI=1S/C19H23NO.C18H33P.C7H6.ClH.Ru/c1-13(2)16-9-7-10-17(14(3)4)19(16)20-12-15-8-5-6-11-18(15)21;1-4-10-16(11-5-1)19(17-12-6-2-7-13-17)18-14-8-3-9-15-18;1-7-5-3-2-4-6-7;;/h5-14,20H,1-4H3;16-18H,1-15H2;1-6H;1H;/q;;;;+1/p-1/b15-12+;;;;. The van der Waals surface area contributed by atoms with Crippen molar-refractivity contribution in [3.05, 3.63) is 101 Å². The summed E-state index contributed by atoms with van der Waals surface area (Å²) in [4.78, 5) is 11.8. The van der Waals surface area contributed by atoms with Crippen molar-refractivity contribution in [2.24, 2.45) is 0 Å². The summed E-state index contributed by atoms with van der Waals surface area (Å²) < 4.78 is 2.06. The van der Waals surface area contributed by atoms with Gasteiger partial charge in [0.15, 0.2) is 5.78 Å². The molecule has 269 valence electrons. The Balaban J connectivity index is 0.000000178. The Kier molecular flexibility index (Phi) is 18.3. The molecule has 0 aliphatic heterocycles. The molecule has 5 heteroatoms. The zero-order chi connectivity index (χ0) is 34.8. The van der Waals surface area contributed by atoms with E-state index >= 15 is 0 Å². The Labute approximate surface area is 312 Å². The number of anilines is 1. The van der Waals surface area contributed by atoms with E-state index in [1.807, 2.05) is 36.6 Å². The van der Waals surface area contributed by atoms with Gasteiger partial charge in [-0.1, -0.05) is 124 Å². The van der Waals surface area contributed by atoms with Crippen LogP contribution in [0, 0.1) is 0 Å². The quantitative estimate of drug-likeness (QED) is 0.164. The third-order valence-corrected chi connectivity index (χ3v) is 15.9. The van der Waals surface area contributed by atoms with Gasteiger partial charge in [-0.2, -0.15) is 0 Å². The van der Waals surface area contributed by atoms with Crippen LogP contribution in [-0.4, -0.2) is 27.4 Å². The number of hydrogen-bond donors (Lipinski definition) is 1. The predicted molar refractivity (Wildman–Crippen MR) is 215 cm³/mol. The summed E-state index contributed by atoms with van der Waals surface area (Å²) in [5.41, 5.74) is 9.17. The number of hydrogen-bond acceptors (Lipinski definition) is 2. The number of carbonyl (C=O) groups excluding carboxylic acids is 1. The van der Waals surface area contributed by atoms with Gasteiger partial charge >= 0.3 is 65.9 Å². The zero-order valence-electron chi connectivity index (χ0n) is 30.7. The number of carbonyl (C=O) groups is 1. The Morgan fingerprint density at radius 2 is 1.14 bits per heavy atom. The molecule has 6 rings (SSSR count). The molecule has 0 bridgehead atoms. The third-order valence-electron chi connectivity index (χ3n) is 10.6. The van der Waals surface area contributed by atoms with Crippen molar-refractivity contribution in [2.45, 2.75) is 153 Å². The molecule has 0 aromatic heterocycles. The van der Waals surface area contributed by atoms with Crippen molar-refractivity contribution in [1.29, 1.82) is 0 Å². The molecule has 4 aliphatic rings. The molecule has 2 aromatic rings. The van der Waals surface area contributed by atoms with Gasteiger partial charge in [0, 0.05) is 17.5 Å². The molecule has 0 unspecified atom stereocenters. The van der Waals surface area contributed by atoms with Gasteiger partial charge in [0.2, 0.25) is 0 Å². The number of nitrogens with one attached hydrogen (secondary N) is 1. The summed E-state index contributed by atoms with van der Waals surface area (Å²) in [6, 6.07) is 16.5. The summed E-state index contributed by atoms with van der Waals surface area (Å²) in [6.07, 6.45) is 32.5. The molecule has 0 spiro atoms. The molecule has 0 heterocycles. The molecule has 0 radical (unpaired) electrons. The molecule has 0 atom stereocenters. The fraction of sp³-hybridized carbons (Fsp3) is 0.545. The summed E-state index contributed by atoms with van der Waals surface area (Å²) >= 11 is -0.0765. The summed E-state index contributed by atoms with van der Waals surface area (Å²) in [6.45, 7) is 8.75. The SMILES string of the molecule is C1CCC(P(C2CCCCC2)C2CCCCC2)CC1.CC(C)c1cccc(C(C)C)c1N/C=C1\C=CC=CC1=O.[Cl][Ru]=[CH]c1ccccc1. The van der Waals surface area contributed by atoms with E-state index in [1.54, 1.807) is 89.2 Å². The summed E-state index contributed by atoms with van der Waals surface area (Å²) in [5, 5.41) is 3.38. The molecule has 0 amide bonds. The van der Waals surface area contributed by atoms with Gasteiger partial charge in [-0.25, -0.2) is 0 Å². The van der Waals surface area contributed by atoms with Crippen LogP contribution in [0.3, 0.4) is 0 Å². The molecular formula is C44H62ClNOPRu. The van der Waals surface area contributed by atoms with Crippen LogP contribution < -0.4 is 5.32 Å². The van der Waals surface area contributed by atoms with E-state index in [1.165, 1.54) is 52.9 Å². The average Bonchev–Trinajstić information content (AvgIpc) is 3.14. The van der Waals surface area contributed by atoms with Crippen LogP contribution in [0.4, 0.5) is 5.69 Å². The molecular weight excluding hydrogens is 726 g/mol. The molecule has 2 aromatic carbocycles. The average molecular weight is 788 g/mol. The first kappa shape index (κ1) is 40.1. The first-order valence-corrected chi connectivity index (χ1v) is 24.0. The fourth-order valence-corrected chi connectivity index (χ4v) is 13.8. The molecule has 0 saturated heterocycles. The van der Waals surface area contributed by atoms with Crippen LogP contribution >= 0.6 is 17.6 Å². The van der Waals surface area contributed by atoms with Crippen molar-refractivity contribution >= 4 is 33.7 Å². The maximum atomic E-state index is 11.8. The van der Waals surface area contributed by atoms with Crippen molar-refractivity contribution in [1.82, 2.24) is 0 Å². The minimum atomic E-state index is -0.0765. The number of allylic oxidation sites excluding steroid dienone is 5. The second-order valence-corrected chi connectivity index (χ2v) is 19.7. The van der Waals surface area contributed by atoms with E-state index in [2.05, 4.69) is 68.0 Å². The second kappa shape index (κ2) is 22.3. The first-order valence-electron chi connectivity index (χ1n) is 19.3. The van der Waals surface area contributed by atoms with Gasteiger partial charge in [-0.05, 0) is 90.6 Å². The topological polar surface area (TPSA) is 29.1 Å². The molecule has 3 saturated carbocycles. The third kappa shape index (κ3) is 13.1. The minimum absolute atomic E-state index is 0.0399. The van der Waals surface area contributed by atoms with Crippen LogP contribution in [-0.2, 0) is 20.5 Å². The van der Waals surface area contributed by atoms with E-state index in [0.29, 0.717) is 25.3 Å². The fourth-order valence-electron chi connectivity index (χ4n) is 8.06. The molecule has 2 nitrogen and oxygen atoms in total. The van der Waals surface area contributed by atoms with Crippen LogP contribution in [0.15, 0.2) is 84.6 Å². The zero-order valence-corrected chi connectivity index (χ0v) is 34.1. The normalized spacial score (nSPS) is 20.2. The Morgan fingerprint density at radius 3 is 1.57 bits per heavy atom. The van der Waals surface area contributed by atoms with Crippen LogP contribution in [0.2, 0.25) is 0 Å². The van der Waals surface area contributed by atoms with Gasteiger partial charge in [0.05, 0.1) is 0 Å². The molecule has 4 aliphatic carbocycles. The Hall–Kier alpha value is -1.66. The Morgan fingerprint density at radius 1 is 0.673 bits per heavy atom. The number of rotatable bonds is 8. The van der Waals surface area contributed by atoms with Gasteiger partial charge in [-0.3, -0.25) is 4.79 Å². The second-order valence-electron chi connectivity index (χ2n) is 14.9. The van der Waals surface area contributed by atoms with Crippen LogP contribution in [0.5, 0.6) is 0 Å². The van der Waals surface area contributed by atoms with Gasteiger partial charge in [0.1, 0.15) is 0 Å². The van der Waals surface area contributed by atoms with E-state index in [9.17, 15) is 4.79 Å². The molecule has 49 heavy (non-hydrogen) atoms. The number of halogens is 1. The van der Waals surface area contributed by atoms with Crippen LogP contribution in [0.25, 0.3) is 0 Å². The monoisotopic (exact) mass is 788 g/mol. The summed E-state index contributed by atoms with van der Waals surface area (Å²) in [7, 11) is 5.96. The van der Waals surface area contributed by atoms with E-state index < -0.39 is 0 Å². The van der Waals surface area contributed by atoms with Gasteiger partial charge in [0.25, 0.3) is 0 Å². The van der Waals surface area contributed by atoms with Crippen LogP contribution in [0.1, 0.15) is 153 Å². The van der Waals surface area contributed by atoms with E-state index in [-0.39, 0.29) is 21.5 Å². The number of ketones is 1. The molecule has 1 N–H and O–H groups in total. The van der Waals surface area contributed by atoms with Gasteiger partial charge < -0.3 is 5.32 Å². The number of benzene rings is 2. The van der Waals surface area contributed by atoms with Crippen molar-refractivity contribution in [2.75, 3.05) is 5.32 Å². The first-order chi connectivity index (χ1) is 23.9. The molecule has 3 fully saturated rings. The number of para-hydroxylation sites is 1. The van der Waals surface area contributed by atoms with E-state index in [4.69, 9.17) is 9.69 Å². The van der Waals surface area contributed by atoms with Crippen molar-refractivity contribution in [3.8, 4) is 0 Å². The van der Waals surface area contributed by atoms with Crippen molar-refractivity contribution in [3.63, 3.8) is 0 Å². The maximum absolute atomic E-state index is 11.8. The Bertz CT molecular complexity index is 1310. The predicted octanol–water partition coefficient (Wildman–Crippen LogP) is 13.5. The van der Waals surface area contributed by atoms with Gasteiger partial charge in [-0.15, -0.1) is 0 Å².